The topological polar surface area (TPSA) is 61.6 Å². The number of piperazine rings is 1. The van der Waals surface area contributed by atoms with Crippen LogP contribution in [0.4, 0.5) is 11.4 Å². The molecule has 1 saturated heterocycles. The Morgan fingerprint density at radius 3 is 2.59 bits per heavy atom. The van der Waals surface area contributed by atoms with Crippen molar-refractivity contribution in [3.63, 3.8) is 0 Å². The van der Waals surface area contributed by atoms with Crippen molar-refractivity contribution in [2.75, 3.05) is 42.9 Å². The van der Waals surface area contributed by atoms with E-state index in [1.165, 1.54) is 0 Å². The molecule has 0 radical (unpaired) electrons. The molecule has 0 unspecified atom stereocenters. The van der Waals surface area contributed by atoms with Crippen LogP contribution in [-0.4, -0.2) is 48.7 Å². The third-order valence-corrected chi connectivity index (χ3v) is 5.40. The summed E-state index contributed by atoms with van der Waals surface area (Å²) in [6.45, 7) is 7.02. The summed E-state index contributed by atoms with van der Waals surface area (Å²) in [6.07, 6.45) is 0. The van der Waals surface area contributed by atoms with Crippen LogP contribution in [0.2, 0.25) is 5.02 Å². The Morgan fingerprint density at radius 2 is 1.86 bits per heavy atom. The number of hydrogen-bond acceptors (Lipinski definition) is 5. The highest BCUT2D eigenvalue weighted by molar-refractivity contribution is 6.31. The number of rotatable bonds is 5. The zero-order valence-corrected chi connectivity index (χ0v) is 17.0. The van der Waals surface area contributed by atoms with Gasteiger partial charge in [0.05, 0.1) is 11.4 Å². The summed E-state index contributed by atoms with van der Waals surface area (Å²) in [6, 6.07) is 16.8. The number of benzene rings is 2. The van der Waals surface area contributed by atoms with Crippen molar-refractivity contribution in [3.8, 4) is 11.3 Å². The molecule has 2 heterocycles. The number of nitrogens with one attached hydrogen (secondary N) is 1. The van der Waals surface area contributed by atoms with Gasteiger partial charge in [0.1, 0.15) is 0 Å². The zero-order valence-electron chi connectivity index (χ0n) is 16.3. The highest BCUT2D eigenvalue weighted by atomic mass is 35.5. The van der Waals surface area contributed by atoms with Gasteiger partial charge >= 0.3 is 0 Å². The number of hydrogen-bond donors (Lipinski definition) is 1. The molecule has 1 aliphatic heterocycles. The molecule has 1 fully saturated rings. The third kappa shape index (κ3) is 4.44. The van der Waals surface area contributed by atoms with Gasteiger partial charge in [0.15, 0.2) is 11.5 Å². The number of likely N-dealkylation sites (N-methyl/N-ethyl adjacent to an activating group) is 1. The molecule has 0 spiro atoms. The number of halogens is 1. The average molecular weight is 411 g/mol. The summed E-state index contributed by atoms with van der Waals surface area (Å²) in [5, 5.41) is 7.46. The maximum Gasteiger partial charge on any atom is 0.277 e. The van der Waals surface area contributed by atoms with E-state index in [2.05, 4.69) is 27.2 Å². The van der Waals surface area contributed by atoms with Gasteiger partial charge in [0.25, 0.3) is 5.91 Å². The van der Waals surface area contributed by atoms with Gasteiger partial charge < -0.3 is 19.6 Å². The molecule has 0 bridgehead atoms. The van der Waals surface area contributed by atoms with Crippen LogP contribution in [0, 0.1) is 0 Å². The first kappa shape index (κ1) is 19.5. The van der Waals surface area contributed by atoms with E-state index in [1.54, 1.807) is 12.1 Å². The minimum absolute atomic E-state index is 0.227. The largest absolute Gasteiger partial charge is 0.367 e. The van der Waals surface area contributed by atoms with Gasteiger partial charge in [0, 0.05) is 42.8 Å². The number of aromatic nitrogens is 1. The number of nitrogens with zero attached hydrogens (tertiary/aromatic N) is 3. The Balaban J connectivity index is 1.53. The van der Waals surface area contributed by atoms with Gasteiger partial charge in [-0.15, -0.1) is 0 Å². The zero-order chi connectivity index (χ0) is 20.2. The second-order valence-corrected chi connectivity index (χ2v) is 7.42. The quantitative estimate of drug-likeness (QED) is 0.675. The molecule has 6 nitrogen and oxygen atoms in total. The molecule has 1 N–H and O–H groups in total. The maximum absolute atomic E-state index is 12.8. The lowest BCUT2D eigenvalue weighted by molar-refractivity contribution is 0.101. The summed E-state index contributed by atoms with van der Waals surface area (Å²) in [4.78, 5) is 17.5. The lowest BCUT2D eigenvalue weighted by atomic mass is 10.1. The molecule has 2 aromatic carbocycles. The second kappa shape index (κ2) is 8.68. The van der Waals surface area contributed by atoms with Gasteiger partial charge in [-0.1, -0.05) is 54.0 Å². The van der Waals surface area contributed by atoms with E-state index >= 15 is 0 Å². The van der Waals surface area contributed by atoms with Gasteiger partial charge in [0.2, 0.25) is 0 Å². The van der Waals surface area contributed by atoms with Crippen molar-refractivity contribution >= 4 is 28.9 Å². The van der Waals surface area contributed by atoms with Crippen molar-refractivity contribution in [1.82, 2.24) is 10.1 Å². The molecule has 3 aromatic rings. The molecule has 0 aliphatic carbocycles. The van der Waals surface area contributed by atoms with Crippen molar-refractivity contribution in [2.45, 2.75) is 6.92 Å². The van der Waals surface area contributed by atoms with E-state index < -0.39 is 0 Å². The molecule has 150 valence electrons. The molecular weight excluding hydrogens is 388 g/mol. The van der Waals surface area contributed by atoms with Gasteiger partial charge in [-0.3, -0.25) is 4.79 Å². The van der Waals surface area contributed by atoms with E-state index in [0.29, 0.717) is 16.5 Å². The molecule has 1 aromatic heterocycles. The number of carbonyl (C=O) groups is 1. The number of amides is 1. The van der Waals surface area contributed by atoms with Crippen LogP contribution in [0.25, 0.3) is 11.3 Å². The summed E-state index contributed by atoms with van der Waals surface area (Å²) in [7, 11) is 0. The number of anilines is 2. The molecule has 4 rings (SSSR count). The van der Waals surface area contributed by atoms with Gasteiger partial charge in [-0.05, 0) is 24.7 Å². The predicted molar refractivity (Wildman–Crippen MR) is 116 cm³/mol. The van der Waals surface area contributed by atoms with Crippen LogP contribution in [0.15, 0.2) is 59.1 Å². The van der Waals surface area contributed by atoms with E-state index in [-0.39, 0.29) is 11.6 Å². The molecule has 0 atom stereocenters. The summed E-state index contributed by atoms with van der Waals surface area (Å²) in [5.41, 5.74) is 2.74. The van der Waals surface area contributed by atoms with Gasteiger partial charge in [-0.2, -0.15) is 0 Å². The number of carbonyl (C=O) groups excluding carboxylic acids is 1. The third-order valence-electron chi connectivity index (χ3n) is 5.17. The van der Waals surface area contributed by atoms with E-state index in [0.717, 1.165) is 44.0 Å². The predicted octanol–water partition coefficient (Wildman–Crippen LogP) is 4.39. The molecular formula is C22H23ClN4O2. The minimum Gasteiger partial charge on any atom is -0.367 e. The summed E-state index contributed by atoms with van der Waals surface area (Å²) in [5.74, 6) is 0.226. The Morgan fingerprint density at radius 1 is 1.10 bits per heavy atom. The van der Waals surface area contributed by atoms with Crippen molar-refractivity contribution < 1.29 is 9.32 Å². The fourth-order valence-corrected chi connectivity index (χ4v) is 3.67. The van der Waals surface area contributed by atoms with E-state index in [1.807, 2.05) is 42.5 Å². The Kier molecular flexibility index (Phi) is 5.83. The first-order chi connectivity index (χ1) is 14.1. The molecule has 1 amide bonds. The Labute approximate surface area is 175 Å². The average Bonchev–Trinajstić information content (AvgIpc) is 3.25. The second-order valence-electron chi connectivity index (χ2n) is 6.98. The van der Waals surface area contributed by atoms with E-state index in [4.69, 9.17) is 16.1 Å². The lowest BCUT2D eigenvalue weighted by Gasteiger charge is -2.36. The fraction of sp³-hybridized carbons (Fsp3) is 0.273. The molecule has 7 heteroatoms. The van der Waals surface area contributed by atoms with E-state index in [9.17, 15) is 4.79 Å². The SMILES string of the molecule is CCN1CCN(c2ccc(Cl)cc2NC(=O)c2cc(-c3ccccc3)on2)CC1. The highest BCUT2D eigenvalue weighted by Crippen LogP contribution is 2.31. The van der Waals surface area contributed by atoms with Gasteiger partial charge in [-0.25, -0.2) is 0 Å². The molecule has 29 heavy (non-hydrogen) atoms. The highest BCUT2D eigenvalue weighted by Gasteiger charge is 2.21. The first-order valence-electron chi connectivity index (χ1n) is 9.74. The van der Waals surface area contributed by atoms with Crippen LogP contribution in [-0.2, 0) is 0 Å². The summed E-state index contributed by atoms with van der Waals surface area (Å²) >= 11 is 6.20. The van der Waals surface area contributed by atoms with Crippen LogP contribution in [0.1, 0.15) is 17.4 Å². The van der Waals surface area contributed by atoms with Crippen molar-refractivity contribution in [1.29, 1.82) is 0 Å². The fourth-order valence-electron chi connectivity index (χ4n) is 3.50. The van der Waals surface area contributed by atoms with Crippen LogP contribution < -0.4 is 10.2 Å². The standard InChI is InChI=1S/C22H23ClN4O2/c1-2-26-10-12-27(13-11-26)20-9-8-17(23)14-18(20)24-22(28)19-15-21(29-25-19)16-6-4-3-5-7-16/h3-9,14-15H,2,10-13H2,1H3,(H,24,28). The minimum atomic E-state index is -0.327. The van der Waals surface area contributed by atoms with Crippen LogP contribution in [0.5, 0.6) is 0 Å². The smallest absolute Gasteiger partial charge is 0.277 e. The normalized spacial score (nSPS) is 14.8. The summed E-state index contributed by atoms with van der Waals surface area (Å²) < 4.78 is 5.35. The Hall–Kier alpha value is -2.83. The first-order valence-corrected chi connectivity index (χ1v) is 10.1. The lowest BCUT2D eigenvalue weighted by Crippen LogP contribution is -2.46. The molecule has 0 saturated carbocycles. The van der Waals surface area contributed by atoms with Crippen molar-refractivity contribution in [2.24, 2.45) is 0 Å². The molecule has 1 aliphatic rings. The monoisotopic (exact) mass is 410 g/mol. The maximum atomic E-state index is 12.8. The van der Waals surface area contributed by atoms with Crippen LogP contribution in [0.3, 0.4) is 0 Å². The van der Waals surface area contributed by atoms with Crippen molar-refractivity contribution in [3.05, 3.63) is 65.3 Å². The van der Waals surface area contributed by atoms with Crippen LogP contribution >= 0.6 is 11.6 Å². The Bertz CT molecular complexity index is 981.